The maximum atomic E-state index is 6.15. The average molecular weight is 278 g/mol. The van der Waals surface area contributed by atoms with Crippen LogP contribution >= 0.6 is 23.4 Å². The Morgan fingerprint density at radius 3 is 2.56 bits per heavy atom. The summed E-state index contributed by atoms with van der Waals surface area (Å²) in [5, 5.41) is 0.726. The van der Waals surface area contributed by atoms with Gasteiger partial charge in [-0.1, -0.05) is 35.9 Å². The number of nitrogen functional groups attached to an aromatic ring is 1. The van der Waals surface area contributed by atoms with Gasteiger partial charge in [0.05, 0.1) is 5.02 Å². The van der Waals surface area contributed by atoms with Crippen molar-refractivity contribution in [1.82, 2.24) is 0 Å². The van der Waals surface area contributed by atoms with Crippen molar-refractivity contribution in [3.63, 3.8) is 0 Å². The number of halogens is 1. The van der Waals surface area contributed by atoms with Crippen LogP contribution in [0.2, 0.25) is 5.02 Å². The smallest absolute Gasteiger partial charge is 0.0562 e. The van der Waals surface area contributed by atoms with Crippen LogP contribution in [0.25, 0.3) is 0 Å². The minimum Gasteiger partial charge on any atom is -0.398 e. The molecule has 2 N–H and O–H groups in total. The molecule has 0 atom stereocenters. The molecule has 0 unspecified atom stereocenters. The number of benzene rings is 2. The normalized spacial score (nSPS) is 10.6. The zero-order valence-electron chi connectivity index (χ0n) is 10.5. The Hall–Kier alpha value is -1.12. The number of hydrogen-bond acceptors (Lipinski definition) is 2. The van der Waals surface area contributed by atoms with Crippen molar-refractivity contribution in [2.45, 2.75) is 24.5 Å². The van der Waals surface area contributed by atoms with Crippen LogP contribution < -0.4 is 5.73 Å². The number of anilines is 1. The van der Waals surface area contributed by atoms with Crippen molar-refractivity contribution in [3.8, 4) is 0 Å². The fourth-order valence-corrected chi connectivity index (χ4v) is 3.00. The molecule has 3 heteroatoms. The summed E-state index contributed by atoms with van der Waals surface area (Å²) >= 11 is 7.84. The van der Waals surface area contributed by atoms with Crippen molar-refractivity contribution in [2.75, 3.05) is 5.73 Å². The van der Waals surface area contributed by atoms with Crippen molar-refractivity contribution in [3.05, 3.63) is 58.1 Å². The second kappa shape index (κ2) is 5.68. The number of hydrogen-bond donors (Lipinski definition) is 1. The molecule has 0 radical (unpaired) electrons. The first-order valence-electron chi connectivity index (χ1n) is 5.81. The molecule has 0 aliphatic rings. The maximum absolute atomic E-state index is 6.15. The molecule has 0 saturated carbocycles. The number of thioether (sulfide) groups is 1. The summed E-state index contributed by atoms with van der Waals surface area (Å²) in [6, 6.07) is 12.2. The van der Waals surface area contributed by atoms with Gasteiger partial charge in [0.1, 0.15) is 0 Å². The third-order valence-corrected chi connectivity index (χ3v) is 4.60. The topological polar surface area (TPSA) is 26.0 Å². The summed E-state index contributed by atoms with van der Waals surface area (Å²) in [6.07, 6.45) is 0. The van der Waals surface area contributed by atoms with Gasteiger partial charge in [-0.25, -0.2) is 0 Å². The second-order valence-corrected chi connectivity index (χ2v) is 5.76. The zero-order valence-corrected chi connectivity index (χ0v) is 12.1. The van der Waals surface area contributed by atoms with Crippen LogP contribution in [-0.4, -0.2) is 0 Å². The molecule has 0 heterocycles. The largest absolute Gasteiger partial charge is 0.398 e. The van der Waals surface area contributed by atoms with Crippen LogP contribution in [0.1, 0.15) is 16.7 Å². The van der Waals surface area contributed by atoms with Gasteiger partial charge < -0.3 is 5.73 Å². The molecule has 0 amide bonds. The third kappa shape index (κ3) is 3.01. The quantitative estimate of drug-likeness (QED) is 0.642. The molecular formula is C15H16ClNS. The summed E-state index contributed by atoms with van der Waals surface area (Å²) < 4.78 is 0. The molecule has 2 aromatic carbocycles. The standard InChI is InChI=1S/C15H16ClNS/c1-10-6-7-12(8-11(10)2)9-18-15-13(16)4-3-5-14(15)17/h3-8H,9,17H2,1-2H3. The third-order valence-electron chi connectivity index (χ3n) is 2.95. The van der Waals surface area contributed by atoms with E-state index >= 15 is 0 Å². The molecule has 0 fully saturated rings. The fourth-order valence-electron chi connectivity index (χ4n) is 1.73. The van der Waals surface area contributed by atoms with E-state index < -0.39 is 0 Å². The van der Waals surface area contributed by atoms with E-state index in [2.05, 4.69) is 32.0 Å². The van der Waals surface area contributed by atoms with Crippen LogP contribution in [-0.2, 0) is 5.75 Å². The Morgan fingerprint density at radius 1 is 1.11 bits per heavy atom. The van der Waals surface area contributed by atoms with E-state index in [1.807, 2.05) is 18.2 Å². The molecule has 0 bridgehead atoms. The number of rotatable bonds is 3. The number of nitrogens with two attached hydrogens (primary N) is 1. The summed E-state index contributed by atoms with van der Waals surface area (Å²) in [4.78, 5) is 0.970. The highest BCUT2D eigenvalue weighted by atomic mass is 35.5. The minimum atomic E-state index is 0.726. The van der Waals surface area contributed by atoms with Gasteiger partial charge >= 0.3 is 0 Å². The molecule has 18 heavy (non-hydrogen) atoms. The molecule has 1 nitrogen and oxygen atoms in total. The van der Waals surface area contributed by atoms with Crippen molar-refractivity contribution in [1.29, 1.82) is 0 Å². The lowest BCUT2D eigenvalue weighted by atomic mass is 10.1. The molecule has 0 aliphatic carbocycles. The van der Waals surface area contributed by atoms with Gasteiger partial charge in [0, 0.05) is 16.3 Å². The predicted molar refractivity (Wildman–Crippen MR) is 81.3 cm³/mol. The van der Waals surface area contributed by atoms with Crippen molar-refractivity contribution >= 4 is 29.1 Å². The minimum absolute atomic E-state index is 0.726. The highest BCUT2D eigenvalue weighted by Crippen LogP contribution is 2.34. The second-order valence-electron chi connectivity index (χ2n) is 4.37. The molecule has 2 aromatic rings. The lowest BCUT2D eigenvalue weighted by molar-refractivity contribution is 1.28. The van der Waals surface area contributed by atoms with Gasteiger partial charge in [-0.3, -0.25) is 0 Å². The monoisotopic (exact) mass is 277 g/mol. The van der Waals surface area contributed by atoms with Crippen LogP contribution in [0.15, 0.2) is 41.3 Å². The first-order valence-corrected chi connectivity index (χ1v) is 7.17. The van der Waals surface area contributed by atoms with Gasteiger partial charge in [0.15, 0.2) is 0 Å². The maximum Gasteiger partial charge on any atom is 0.0562 e. The lowest BCUT2D eigenvalue weighted by Crippen LogP contribution is -1.90. The van der Waals surface area contributed by atoms with E-state index in [0.29, 0.717) is 0 Å². The van der Waals surface area contributed by atoms with Gasteiger partial charge in [-0.05, 0) is 42.7 Å². The van der Waals surface area contributed by atoms with Crippen molar-refractivity contribution in [2.24, 2.45) is 0 Å². The van der Waals surface area contributed by atoms with Gasteiger partial charge in [0.2, 0.25) is 0 Å². The molecular weight excluding hydrogens is 262 g/mol. The van der Waals surface area contributed by atoms with E-state index in [1.165, 1.54) is 16.7 Å². The highest BCUT2D eigenvalue weighted by molar-refractivity contribution is 7.98. The summed E-state index contributed by atoms with van der Waals surface area (Å²) in [7, 11) is 0. The summed E-state index contributed by atoms with van der Waals surface area (Å²) in [6.45, 7) is 4.26. The van der Waals surface area contributed by atoms with Crippen LogP contribution in [0.4, 0.5) is 5.69 Å². The van der Waals surface area contributed by atoms with Crippen LogP contribution in [0, 0.1) is 13.8 Å². The molecule has 2 rings (SSSR count). The van der Waals surface area contributed by atoms with Gasteiger partial charge in [-0.15, -0.1) is 11.8 Å². The Kier molecular flexibility index (Phi) is 4.20. The van der Waals surface area contributed by atoms with E-state index in [-0.39, 0.29) is 0 Å². The molecule has 0 aliphatic heterocycles. The summed E-state index contributed by atoms with van der Waals surface area (Å²) in [5.41, 5.74) is 10.6. The van der Waals surface area contributed by atoms with Crippen LogP contribution in [0.3, 0.4) is 0 Å². The van der Waals surface area contributed by atoms with Crippen molar-refractivity contribution < 1.29 is 0 Å². The highest BCUT2D eigenvalue weighted by Gasteiger charge is 2.06. The Labute approximate surface area is 117 Å². The lowest BCUT2D eigenvalue weighted by Gasteiger charge is -2.08. The average Bonchev–Trinajstić information content (AvgIpc) is 2.33. The predicted octanol–water partition coefficient (Wildman–Crippen LogP) is 4.83. The van der Waals surface area contributed by atoms with Gasteiger partial charge in [-0.2, -0.15) is 0 Å². The first kappa shape index (κ1) is 13.3. The number of aryl methyl sites for hydroxylation is 2. The van der Waals surface area contributed by atoms with E-state index in [1.54, 1.807) is 11.8 Å². The summed E-state index contributed by atoms with van der Waals surface area (Å²) in [5.74, 6) is 0.884. The SMILES string of the molecule is Cc1ccc(CSc2c(N)cccc2Cl)cc1C. The van der Waals surface area contributed by atoms with E-state index in [9.17, 15) is 0 Å². The zero-order chi connectivity index (χ0) is 13.1. The van der Waals surface area contributed by atoms with E-state index in [0.717, 1.165) is 21.4 Å². The van der Waals surface area contributed by atoms with Gasteiger partial charge in [0.25, 0.3) is 0 Å². The Morgan fingerprint density at radius 2 is 1.89 bits per heavy atom. The molecule has 94 valence electrons. The van der Waals surface area contributed by atoms with Crippen LogP contribution in [0.5, 0.6) is 0 Å². The van der Waals surface area contributed by atoms with E-state index in [4.69, 9.17) is 17.3 Å². The molecule has 0 aromatic heterocycles. The molecule has 0 spiro atoms. The fraction of sp³-hybridized carbons (Fsp3) is 0.200. The molecule has 0 saturated heterocycles. The first-order chi connectivity index (χ1) is 8.58. The Bertz CT molecular complexity index is 546. The Balaban J connectivity index is 2.14.